The first-order valence-electron chi connectivity index (χ1n) is 26.6. The fourth-order valence-corrected chi connectivity index (χ4v) is 9.98. The number of rotatable bonds is 5. The van der Waals surface area contributed by atoms with Crippen LogP contribution in [0.15, 0.2) is 217 Å². The largest absolute Gasteiger partial charge is 0.0958 e. The van der Waals surface area contributed by atoms with Gasteiger partial charge in [0.1, 0.15) is 0 Å². The molecule has 366 valence electrons. The van der Waals surface area contributed by atoms with Crippen LogP contribution in [0.25, 0.3) is 16.8 Å². The third-order valence-corrected chi connectivity index (χ3v) is 15.0. The SMILES string of the molecule is C=C1C=CC2=CC(C(C)C)C=CC2C1.C=C1C=CC2=CC(C(C)C)CC=C2C1.C=C1C=CC2CC(C(C)C)C=CC2=C1.C=C1C=Cc2cc(C(C)C)ccc2C1.Cc1ccc2cc(C(C)C)ccc2c1. The fraction of sp³-hybridized carbons (Fsp3) is 0.371. The van der Waals surface area contributed by atoms with E-state index in [2.05, 4.69) is 254 Å². The van der Waals surface area contributed by atoms with Gasteiger partial charge < -0.3 is 0 Å². The molecule has 0 heterocycles. The van der Waals surface area contributed by atoms with Crippen molar-refractivity contribution in [2.75, 3.05) is 0 Å². The van der Waals surface area contributed by atoms with E-state index in [9.17, 15) is 0 Å². The monoisotopic (exact) mass is 927 g/mol. The lowest BCUT2D eigenvalue weighted by Crippen LogP contribution is -2.17. The van der Waals surface area contributed by atoms with Gasteiger partial charge in [0, 0.05) is 11.8 Å². The lowest BCUT2D eigenvalue weighted by atomic mass is 9.76. The standard InChI is InChI=1S/3C14H18.2C14H16/c5*1-10(2)12-6-7-13-8-11(3)4-5-14(13)9-12/h4-5,7,9-10,12H,3,6,8H2,1-2H3;4-7,9-10,12-13H,3,8H2,1-2H3;4-8,10,12,14H,3,9H2,1-2H3;4-10H,1-3H3;4-7,9-10H,3,8H2,1-2H3. The van der Waals surface area contributed by atoms with E-state index in [1.807, 2.05) is 0 Å². The maximum absolute atomic E-state index is 4.01. The van der Waals surface area contributed by atoms with Crippen molar-refractivity contribution in [2.45, 2.75) is 120 Å². The van der Waals surface area contributed by atoms with E-state index in [0.717, 1.165) is 48.5 Å². The third-order valence-electron chi connectivity index (χ3n) is 15.0. The van der Waals surface area contributed by atoms with Crippen LogP contribution < -0.4 is 0 Å². The molecule has 10 rings (SSSR count). The summed E-state index contributed by atoms with van der Waals surface area (Å²) in [5.74, 6) is 6.76. The molecule has 0 bridgehead atoms. The van der Waals surface area contributed by atoms with Gasteiger partial charge in [-0.1, -0.05) is 270 Å². The molecule has 0 aromatic heterocycles. The summed E-state index contributed by atoms with van der Waals surface area (Å²) < 4.78 is 0. The highest BCUT2D eigenvalue weighted by Gasteiger charge is 2.24. The Hall–Kier alpha value is -5.72. The minimum absolute atomic E-state index is 0.600. The Labute approximate surface area is 426 Å². The van der Waals surface area contributed by atoms with Gasteiger partial charge in [-0.15, -0.1) is 0 Å². The lowest BCUT2D eigenvalue weighted by Gasteiger charge is -2.29. The quantitative estimate of drug-likeness (QED) is 0.224. The Morgan fingerprint density at radius 2 is 1.17 bits per heavy atom. The van der Waals surface area contributed by atoms with Gasteiger partial charge in [0.2, 0.25) is 0 Å². The zero-order chi connectivity index (χ0) is 50.6. The van der Waals surface area contributed by atoms with Crippen molar-refractivity contribution < 1.29 is 0 Å². The van der Waals surface area contributed by atoms with Crippen LogP contribution >= 0.6 is 0 Å². The van der Waals surface area contributed by atoms with Gasteiger partial charge in [0.25, 0.3) is 0 Å². The van der Waals surface area contributed by atoms with Gasteiger partial charge in [0.05, 0.1) is 0 Å². The molecule has 0 nitrogen and oxygen atoms in total. The molecular formula is C70H86. The second kappa shape index (κ2) is 24.9. The van der Waals surface area contributed by atoms with Gasteiger partial charge >= 0.3 is 0 Å². The molecule has 5 atom stereocenters. The van der Waals surface area contributed by atoms with Crippen LogP contribution in [0.2, 0.25) is 0 Å². The second-order valence-electron chi connectivity index (χ2n) is 22.6. The van der Waals surface area contributed by atoms with Crippen molar-refractivity contribution in [3.63, 3.8) is 0 Å². The van der Waals surface area contributed by atoms with Crippen LogP contribution in [0.4, 0.5) is 0 Å². The predicted octanol–water partition coefficient (Wildman–Crippen LogP) is 20.0. The van der Waals surface area contributed by atoms with Crippen molar-refractivity contribution in [1.82, 2.24) is 0 Å². The summed E-state index contributed by atoms with van der Waals surface area (Å²) in [6.07, 6.45) is 41.9. The first-order valence-corrected chi connectivity index (χ1v) is 26.6. The number of hydrogen-bond donors (Lipinski definition) is 0. The van der Waals surface area contributed by atoms with E-state index in [1.54, 1.807) is 0 Å². The smallest absolute Gasteiger partial charge is 0.00554 e. The molecule has 0 heteroatoms. The van der Waals surface area contributed by atoms with E-state index in [4.69, 9.17) is 0 Å². The van der Waals surface area contributed by atoms with Crippen LogP contribution in [-0.2, 0) is 6.42 Å². The summed E-state index contributed by atoms with van der Waals surface area (Å²) in [7, 11) is 0. The highest BCUT2D eigenvalue weighted by molar-refractivity contribution is 5.84. The first kappa shape index (κ1) is 53.6. The highest BCUT2D eigenvalue weighted by atomic mass is 14.3. The molecule has 0 amide bonds. The van der Waals surface area contributed by atoms with Crippen molar-refractivity contribution in [3.8, 4) is 0 Å². The summed E-state index contributed by atoms with van der Waals surface area (Å²) >= 11 is 0. The van der Waals surface area contributed by atoms with E-state index >= 15 is 0 Å². The summed E-state index contributed by atoms with van der Waals surface area (Å²) in [6, 6.07) is 20.1. The topological polar surface area (TPSA) is 0 Å². The molecule has 7 aliphatic carbocycles. The van der Waals surface area contributed by atoms with Crippen molar-refractivity contribution >= 4 is 16.8 Å². The molecule has 0 radical (unpaired) electrons. The molecule has 7 aliphatic rings. The van der Waals surface area contributed by atoms with E-state index < -0.39 is 0 Å². The van der Waals surface area contributed by atoms with E-state index in [0.29, 0.717) is 35.5 Å². The number of allylic oxidation sites excluding steroid dienone is 23. The molecule has 0 aliphatic heterocycles. The summed E-state index contributed by atoms with van der Waals surface area (Å²) in [5.41, 5.74) is 17.6. The molecule has 0 spiro atoms. The Morgan fingerprint density at radius 3 is 1.89 bits per heavy atom. The Morgan fingerprint density at radius 1 is 0.514 bits per heavy atom. The Kier molecular flexibility index (Phi) is 19.1. The molecule has 5 unspecified atom stereocenters. The molecule has 0 saturated heterocycles. The molecule has 0 N–H and O–H groups in total. The van der Waals surface area contributed by atoms with Gasteiger partial charge in [-0.25, -0.2) is 0 Å². The first-order chi connectivity index (χ1) is 33.3. The predicted molar refractivity (Wildman–Crippen MR) is 311 cm³/mol. The molecule has 0 saturated carbocycles. The molecule has 3 aromatic rings. The Balaban J connectivity index is 0.000000143. The summed E-state index contributed by atoms with van der Waals surface area (Å²) in [5, 5.41) is 2.69. The zero-order valence-electron chi connectivity index (χ0n) is 45.1. The van der Waals surface area contributed by atoms with Crippen molar-refractivity contribution in [2.24, 2.45) is 47.3 Å². The van der Waals surface area contributed by atoms with Crippen LogP contribution in [-0.4, -0.2) is 0 Å². The maximum atomic E-state index is 4.01. The van der Waals surface area contributed by atoms with Crippen molar-refractivity contribution in [1.29, 1.82) is 0 Å². The van der Waals surface area contributed by atoms with E-state index in [-0.39, 0.29) is 0 Å². The highest BCUT2D eigenvalue weighted by Crippen LogP contribution is 2.37. The normalized spacial score (nSPS) is 22.5. The Bertz CT molecular complexity index is 2700. The van der Waals surface area contributed by atoms with Crippen LogP contribution in [0.1, 0.15) is 135 Å². The van der Waals surface area contributed by atoms with Crippen LogP contribution in [0.3, 0.4) is 0 Å². The molecule has 70 heavy (non-hydrogen) atoms. The number of fused-ring (bicyclic) bond motifs is 5. The fourth-order valence-electron chi connectivity index (χ4n) is 9.98. The van der Waals surface area contributed by atoms with E-state index in [1.165, 1.54) is 90.4 Å². The molecule has 3 aromatic carbocycles. The second-order valence-corrected chi connectivity index (χ2v) is 22.6. The van der Waals surface area contributed by atoms with Crippen LogP contribution in [0, 0.1) is 54.3 Å². The summed E-state index contributed by atoms with van der Waals surface area (Å²) in [4.78, 5) is 0. The number of benzene rings is 3. The van der Waals surface area contributed by atoms with Crippen molar-refractivity contribution in [3.05, 3.63) is 244 Å². The number of aryl methyl sites for hydroxylation is 1. The van der Waals surface area contributed by atoms with Crippen LogP contribution in [0.5, 0.6) is 0 Å². The van der Waals surface area contributed by atoms with Gasteiger partial charge in [-0.2, -0.15) is 0 Å². The van der Waals surface area contributed by atoms with Gasteiger partial charge in [0.15, 0.2) is 0 Å². The van der Waals surface area contributed by atoms with Gasteiger partial charge in [-0.3, -0.25) is 0 Å². The zero-order valence-corrected chi connectivity index (χ0v) is 45.1. The third kappa shape index (κ3) is 15.1. The minimum atomic E-state index is 0.600. The lowest BCUT2D eigenvalue weighted by molar-refractivity contribution is 0.396. The molecule has 0 fully saturated rings. The molecular weight excluding hydrogens is 841 g/mol. The number of hydrogen-bond acceptors (Lipinski definition) is 0. The van der Waals surface area contributed by atoms with Gasteiger partial charge in [-0.05, 0) is 147 Å². The average Bonchev–Trinajstić information content (AvgIpc) is 3.33. The maximum Gasteiger partial charge on any atom is 0.00554 e. The minimum Gasteiger partial charge on any atom is -0.0958 e. The average molecular weight is 927 g/mol. The summed E-state index contributed by atoms with van der Waals surface area (Å²) in [6.45, 7) is 40.8.